The van der Waals surface area contributed by atoms with Crippen LogP contribution in [0.25, 0.3) is 0 Å². The number of aliphatic hydroxyl groups is 11. The van der Waals surface area contributed by atoms with Gasteiger partial charge in [0.2, 0.25) is 5.91 Å². The van der Waals surface area contributed by atoms with E-state index in [1.54, 1.807) is 6.08 Å². The maximum atomic E-state index is 13.5. The molecule has 3 heterocycles. The molecule has 0 radical (unpaired) electrons. The van der Waals surface area contributed by atoms with Gasteiger partial charge in [0.15, 0.2) is 18.9 Å². The minimum atomic E-state index is -1.99. The topological polar surface area (TPSA) is 307 Å². The van der Waals surface area contributed by atoms with Crippen molar-refractivity contribution in [1.29, 1.82) is 0 Å². The van der Waals surface area contributed by atoms with E-state index in [9.17, 15) is 61.0 Å². The summed E-state index contributed by atoms with van der Waals surface area (Å²) in [7, 11) is 0. The molecule has 3 rings (SSSR count). The summed E-state index contributed by atoms with van der Waals surface area (Å²) in [4.78, 5) is 13.5. The number of nitrogens with one attached hydrogen (secondary N) is 1. The van der Waals surface area contributed by atoms with Crippen LogP contribution in [0.2, 0.25) is 0 Å². The van der Waals surface area contributed by atoms with Crippen molar-refractivity contribution in [3.63, 3.8) is 0 Å². The molecule has 0 bridgehead atoms. The molecule has 19 heteroatoms. The largest absolute Gasteiger partial charge is 0.394 e. The summed E-state index contributed by atoms with van der Waals surface area (Å²) in [6.07, 6.45) is 63.2. The molecule has 0 aromatic carbocycles. The predicted molar refractivity (Wildman–Crippen MR) is 415 cm³/mol. The van der Waals surface area contributed by atoms with Gasteiger partial charge in [-0.1, -0.05) is 302 Å². The first-order valence-corrected chi connectivity index (χ1v) is 40.8. The molecule has 0 saturated carbocycles. The molecule has 0 aliphatic carbocycles. The number of amides is 1. The van der Waals surface area contributed by atoms with Crippen LogP contribution in [0.5, 0.6) is 0 Å². The first-order chi connectivity index (χ1) is 50.8. The second-order valence-corrected chi connectivity index (χ2v) is 28.5. The second-order valence-electron chi connectivity index (χ2n) is 28.5. The van der Waals surface area contributed by atoms with E-state index in [0.29, 0.717) is 6.42 Å². The van der Waals surface area contributed by atoms with Crippen LogP contribution in [0.1, 0.15) is 277 Å². The molecular weight excluding hydrogens is 1320 g/mol. The summed E-state index contributed by atoms with van der Waals surface area (Å²) >= 11 is 0. The highest BCUT2D eigenvalue weighted by molar-refractivity contribution is 5.76. The van der Waals surface area contributed by atoms with E-state index in [2.05, 4.69) is 129 Å². The first-order valence-electron chi connectivity index (χ1n) is 40.8. The van der Waals surface area contributed by atoms with Gasteiger partial charge in [-0.05, 0) is 89.9 Å². The zero-order valence-corrected chi connectivity index (χ0v) is 64.0. The number of ether oxygens (including phenoxy) is 6. The molecule has 12 N–H and O–H groups in total. The zero-order valence-electron chi connectivity index (χ0n) is 64.0. The third kappa shape index (κ3) is 43.4. The maximum absolute atomic E-state index is 13.5. The van der Waals surface area contributed by atoms with Gasteiger partial charge in [0.25, 0.3) is 0 Å². The van der Waals surface area contributed by atoms with Crippen molar-refractivity contribution in [2.45, 2.75) is 381 Å². The monoisotopic (exact) mass is 1470 g/mol. The van der Waals surface area contributed by atoms with Crippen LogP contribution in [-0.2, 0) is 33.2 Å². The van der Waals surface area contributed by atoms with E-state index in [1.807, 2.05) is 6.08 Å². The zero-order chi connectivity index (χ0) is 75.3. The second kappa shape index (κ2) is 64.1. The predicted octanol–water partition coefficient (Wildman–Crippen LogP) is 13.9. The van der Waals surface area contributed by atoms with Crippen LogP contribution in [-0.4, -0.2) is 193 Å². The van der Waals surface area contributed by atoms with Crippen molar-refractivity contribution < 1.29 is 89.4 Å². The van der Waals surface area contributed by atoms with Crippen molar-refractivity contribution >= 4 is 5.91 Å². The minimum absolute atomic E-state index is 0.195. The summed E-state index contributed by atoms with van der Waals surface area (Å²) < 4.78 is 34.4. The molecule has 3 saturated heterocycles. The van der Waals surface area contributed by atoms with Gasteiger partial charge in [0, 0.05) is 6.42 Å². The van der Waals surface area contributed by atoms with Crippen LogP contribution >= 0.6 is 0 Å². The fourth-order valence-electron chi connectivity index (χ4n) is 13.0. The van der Waals surface area contributed by atoms with Crippen LogP contribution in [0.4, 0.5) is 0 Å². The third-order valence-corrected chi connectivity index (χ3v) is 19.5. The van der Waals surface area contributed by atoms with E-state index < -0.39 is 124 Å². The fraction of sp³-hybridized carbons (Fsp3) is 0.753. The van der Waals surface area contributed by atoms with Gasteiger partial charge in [-0.2, -0.15) is 0 Å². The Labute approximate surface area is 627 Å². The number of unbranched alkanes of at least 4 members (excludes halogenated alkanes) is 29. The third-order valence-electron chi connectivity index (χ3n) is 19.5. The highest BCUT2D eigenvalue weighted by Gasteiger charge is 2.54. The molecule has 17 atom stereocenters. The van der Waals surface area contributed by atoms with Crippen molar-refractivity contribution in [2.75, 3.05) is 26.4 Å². The summed E-state index contributed by atoms with van der Waals surface area (Å²) in [5.74, 6) is -0.310. The number of aliphatic hydroxyl groups excluding tert-OH is 11. The van der Waals surface area contributed by atoms with E-state index in [4.69, 9.17) is 28.4 Å². The van der Waals surface area contributed by atoms with E-state index >= 15 is 0 Å². The van der Waals surface area contributed by atoms with Gasteiger partial charge < -0.3 is 89.9 Å². The van der Waals surface area contributed by atoms with E-state index in [0.717, 1.165) is 103 Å². The molecule has 19 nitrogen and oxygen atoms in total. The summed E-state index contributed by atoms with van der Waals surface area (Å²) in [5, 5.41) is 121. The number of hydrogen-bond acceptors (Lipinski definition) is 18. The molecule has 0 aromatic rings. The van der Waals surface area contributed by atoms with Gasteiger partial charge >= 0.3 is 0 Å². The molecule has 3 fully saturated rings. The number of rotatable bonds is 63. The molecule has 17 unspecified atom stereocenters. The lowest BCUT2D eigenvalue weighted by atomic mass is 9.96. The number of carbonyl (C=O) groups excluding carboxylic acids is 1. The summed E-state index contributed by atoms with van der Waals surface area (Å²) in [6.45, 7) is 1.61. The lowest BCUT2D eigenvalue weighted by Gasteiger charge is -2.48. The highest BCUT2D eigenvalue weighted by atomic mass is 16.8. The Morgan fingerprint density at radius 2 is 0.663 bits per heavy atom. The Morgan fingerprint density at radius 1 is 0.356 bits per heavy atom. The minimum Gasteiger partial charge on any atom is -0.394 e. The molecule has 598 valence electrons. The van der Waals surface area contributed by atoms with E-state index in [1.165, 1.54) is 148 Å². The quantitative estimate of drug-likeness (QED) is 0.0199. The number of hydrogen-bond donors (Lipinski definition) is 12. The Hall–Kier alpha value is -3.81. The lowest BCUT2D eigenvalue weighted by molar-refractivity contribution is -0.379. The summed E-state index contributed by atoms with van der Waals surface area (Å²) in [6, 6.07) is -1.00. The SMILES string of the molecule is CC/C=C\C/C=C\C/C=C\C/C=C\C/C=C\C/C=C\C/C=C\C/C=C\C/C=C\CCCCCC(=O)NC(COC1OC(CO)C(OC2OC(CO)C(OC3OC(CO)C(O)C(O)C3O)C(O)C2O)C(O)C1O)C(O)/C=C/CCCCCCCCCCCCCCCCCCCCCCCCCCCC. The van der Waals surface area contributed by atoms with E-state index in [-0.39, 0.29) is 18.9 Å². The van der Waals surface area contributed by atoms with Crippen molar-refractivity contribution in [3.8, 4) is 0 Å². The van der Waals surface area contributed by atoms with Crippen LogP contribution in [0.15, 0.2) is 122 Å². The molecule has 104 heavy (non-hydrogen) atoms. The smallest absolute Gasteiger partial charge is 0.220 e. The Kier molecular flexibility index (Phi) is 58.1. The Morgan fingerprint density at radius 3 is 1.04 bits per heavy atom. The normalized spacial score (nSPS) is 26.6. The lowest BCUT2D eigenvalue weighted by Crippen LogP contribution is -2.66. The van der Waals surface area contributed by atoms with Crippen LogP contribution < -0.4 is 5.32 Å². The van der Waals surface area contributed by atoms with Gasteiger partial charge in [0.05, 0.1) is 38.6 Å². The maximum Gasteiger partial charge on any atom is 0.220 e. The fourth-order valence-corrected chi connectivity index (χ4v) is 13.0. The molecule has 1 amide bonds. The summed E-state index contributed by atoms with van der Waals surface area (Å²) in [5.41, 5.74) is 0. The standard InChI is InChI=1S/C85H145NO18/c1-3-5-7-9-11-13-15-17-19-21-23-25-27-29-31-33-34-35-37-39-41-43-45-47-49-51-53-55-57-59-61-63-73(91)86-68(69(90)62-60-58-56-54-52-50-48-46-44-42-40-38-36-32-30-28-26-24-22-20-18-16-14-12-10-8-6-4-2)67-99-83-79(97)76(94)81(71(65-88)101-83)104-85-80(98)77(95)82(72(66-89)102-85)103-84-78(96)75(93)74(92)70(64-87)100-84/h5,7,11,13,17,19,23,25,29,31,34-35,39,41,45,47,51,53,60,62,68-72,74-85,87-90,92-98H,3-4,6,8-10,12,14-16,18,20-22,24,26-28,30,32-33,36-38,40,42-44,46,48-50,52,54-59,61,63-67H2,1-2H3,(H,86,91)/b7-5-,13-11-,19-17-,25-23-,31-29-,35-34-,41-39-,47-45-,53-51-,62-60+. The van der Waals surface area contributed by atoms with Crippen molar-refractivity contribution in [1.82, 2.24) is 5.32 Å². The Bertz CT molecular complexity index is 2350. The molecule has 3 aliphatic heterocycles. The first kappa shape index (κ1) is 94.4. The van der Waals surface area contributed by atoms with Crippen molar-refractivity contribution in [2.24, 2.45) is 0 Å². The molecule has 3 aliphatic rings. The van der Waals surface area contributed by atoms with Crippen molar-refractivity contribution in [3.05, 3.63) is 122 Å². The van der Waals surface area contributed by atoms with Crippen LogP contribution in [0.3, 0.4) is 0 Å². The van der Waals surface area contributed by atoms with Gasteiger partial charge in [-0.25, -0.2) is 0 Å². The van der Waals surface area contributed by atoms with Gasteiger partial charge in [0.1, 0.15) is 73.2 Å². The number of carbonyl (C=O) groups is 1. The number of allylic oxidation sites excluding steroid dienone is 19. The van der Waals surface area contributed by atoms with Gasteiger partial charge in [-0.15, -0.1) is 0 Å². The van der Waals surface area contributed by atoms with Crippen LogP contribution in [0, 0.1) is 0 Å². The molecule has 0 aromatic heterocycles. The molecule has 0 spiro atoms. The molecular formula is C85H145NO18. The average molecular weight is 1470 g/mol. The Balaban J connectivity index is 1.40. The highest BCUT2D eigenvalue weighted by Crippen LogP contribution is 2.33. The van der Waals surface area contributed by atoms with Gasteiger partial charge in [-0.3, -0.25) is 4.79 Å². The average Bonchev–Trinajstić information content (AvgIpc) is 0.783.